The molecule has 2 aromatic rings. The summed E-state index contributed by atoms with van der Waals surface area (Å²) in [7, 11) is 1.39. The zero-order valence-corrected chi connectivity index (χ0v) is 14.6. The maximum absolute atomic E-state index is 12.2. The number of rotatable bonds is 7. The Kier molecular flexibility index (Phi) is 6.78. The van der Waals surface area contributed by atoms with E-state index in [0.29, 0.717) is 5.75 Å². The van der Waals surface area contributed by atoms with Gasteiger partial charge >= 0.3 is 12.6 Å². The summed E-state index contributed by atoms with van der Waals surface area (Å²) in [6, 6.07) is 7.61. The predicted octanol–water partition coefficient (Wildman–Crippen LogP) is 3.45. The minimum absolute atomic E-state index is 0.133. The molecule has 0 radical (unpaired) electrons. The number of carbonyl (C=O) groups excluding carboxylic acids is 2. The molecule has 0 fully saturated rings. The third-order valence-electron chi connectivity index (χ3n) is 3.19. The Bertz CT molecular complexity index is 846. The minimum atomic E-state index is -3.03. The molecule has 0 aliphatic rings. The average molecular weight is 402 g/mol. The Hall–Kier alpha value is -3.07. The van der Waals surface area contributed by atoms with Gasteiger partial charge in [-0.2, -0.15) is 8.78 Å². The fourth-order valence-corrected chi connectivity index (χ4v) is 2.21. The van der Waals surface area contributed by atoms with Gasteiger partial charge in [-0.25, -0.2) is 4.79 Å². The summed E-state index contributed by atoms with van der Waals surface area (Å²) in [6.45, 7) is -3.68. The summed E-state index contributed by atoms with van der Waals surface area (Å²) in [5.41, 5.74) is 0.0191. The van der Waals surface area contributed by atoms with Gasteiger partial charge in [-0.15, -0.1) is 0 Å². The number of amides is 1. The summed E-state index contributed by atoms with van der Waals surface area (Å²) in [5.74, 6) is -1.89. The molecule has 0 heterocycles. The lowest BCUT2D eigenvalue weighted by Crippen LogP contribution is -2.21. The standard InChI is InChI=1S/C17H14ClF2NO6/c1-25-10-3-4-13(22)11(7-10)16(24)26-8-15(23)21-9-2-5-14(12(18)6-9)27-17(19)20/h2-7,17,22H,8H2,1H3,(H,21,23). The number of phenolic OH excluding ortho intramolecular Hbond substituents is 1. The number of hydrogen-bond acceptors (Lipinski definition) is 6. The molecular weight excluding hydrogens is 388 g/mol. The van der Waals surface area contributed by atoms with Crippen LogP contribution >= 0.6 is 11.6 Å². The molecule has 7 nitrogen and oxygen atoms in total. The molecule has 10 heteroatoms. The van der Waals surface area contributed by atoms with Gasteiger partial charge in [0.05, 0.1) is 12.1 Å². The smallest absolute Gasteiger partial charge is 0.387 e. The van der Waals surface area contributed by atoms with E-state index in [9.17, 15) is 23.5 Å². The van der Waals surface area contributed by atoms with Crippen molar-refractivity contribution in [2.75, 3.05) is 19.0 Å². The van der Waals surface area contributed by atoms with Crippen LogP contribution in [-0.4, -0.2) is 37.3 Å². The van der Waals surface area contributed by atoms with Gasteiger partial charge in [0.15, 0.2) is 6.61 Å². The topological polar surface area (TPSA) is 94.1 Å². The normalized spacial score (nSPS) is 10.4. The molecule has 0 spiro atoms. The van der Waals surface area contributed by atoms with Crippen LogP contribution in [-0.2, 0) is 9.53 Å². The van der Waals surface area contributed by atoms with Crippen LogP contribution in [0.3, 0.4) is 0 Å². The molecule has 0 saturated heterocycles. The molecule has 2 N–H and O–H groups in total. The molecule has 0 atom stereocenters. The number of esters is 1. The summed E-state index contributed by atoms with van der Waals surface area (Å²) < 4.78 is 38.3. The van der Waals surface area contributed by atoms with Crippen molar-refractivity contribution in [2.24, 2.45) is 0 Å². The van der Waals surface area contributed by atoms with Crippen molar-refractivity contribution in [1.29, 1.82) is 0 Å². The van der Waals surface area contributed by atoms with Crippen molar-refractivity contribution in [3.63, 3.8) is 0 Å². The zero-order valence-electron chi connectivity index (χ0n) is 13.9. The molecule has 144 valence electrons. The van der Waals surface area contributed by atoms with E-state index in [0.717, 1.165) is 6.07 Å². The SMILES string of the molecule is COc1ccc(O)c(C(=O)OCC(=O)Nc2ccc(OC(F)F)c(Cl)c2)c1. The van der Waals surface area contributed by atoms with E-state index in [1.54, 1.807) is 0 Å². The van der Waals surface area contributed by atoms with Crippen molar-refractivity contribution in [2.45, 2.75) is 6.61 Å². The van der Waals surface area contributed by atoms with Crippen LogP contribution in [0.1, 0.15) is 10.4 Å². The minimum Gasteiger partial charge on any atom is -0.507 e. The maximum atomic E-state index is 12.2. The highest BCUT2D eigenvalue weighted by atomic mass is 35.5. The van der Waals surface area contributed by atoms with Crippen LogP contribution in [0.5, 0.6) is 17.2 Å². The van der Waals surface area contributed by atoms with Crippen LogP contribution < -0.4 is 14.8 Å². The van der Waals surface area contributed by atoms with Crippen LogP contribution in [0.2, 0.25) is 5.02 Å². The van der Waals surface area contributed by atoms with E-state index in [1.165, 1.54) is 37.4 Å². The summed E-state index contributed by atoms with van der Waals surface area (Å²) >= 11 is 5.78. The predicted molar refractivity (Wildman–Crippen MR) is 91.7 cm³/mol. The van der Waals surface area contributed by atoms with Crippen molar-refractivity contribution in [1.82, 2.24) is 0 Å². The third-order valence-corrected chi connectivity index (χ3v) is 3.49. The second-order valence-electron chi connectivity index (χ2n) is 5.03. The molecule has 0 aromatic heterocycles. The number of carbonyl (C=O) groups is 2. The van der Waals surface area contributed by atoms with Crippen LogP contribution in [0.4, 0.5) is 14.5 Å². The number of halogens is 3. The van der Waals surface area contributed by atoms with E-state index < -0.39 is 25.1 Å². The molecule has 2 rings (SSSR count). The van der Waals surface area contributed by atoms with Crippen molar-refractivity contribution < 1.29 is 37.7 Å². The van der Waals surface area contributed by atoms with E-state index >= 15 is 0 Å². The fraction of sp³-hybridized carbons (Fsp3) is 0.176. The first kappa shape index (κ1) is 20.2. The van der Waals surface area contributed by atoms with Gasteiger partial charge in [-0.3, -0.25) is 4.79 Å². The Balaban J connectivity index is 1.94. The molecule has 2 aromatic carbocycles. The number of nitrogens with one attached hydrogen (secondary N) is 1. The van der Waals surface area contributed by atoms with Gasteiger partial charge < -0.3 is 24.6 Å². The largest absolute Gasteiger partial charge is 0.507 e. The summed E-state index contributed by atoms with van der Waals surface area (Å²) in [5, 5.41) is 11.9. The first-order chi connectivity index (χ1) is 12.8. The molecule has 0 bridgehead atoms. The molecular formula is C17H14ClF2NO6. The summed E-state index contributed by atoms with van der Waals surface area (Å²) in [4.78, 5) is 23.8. The fourth-order valence-electron chi connectivity index (χ4n) is 1.98. The Morgan fingerprint density at radius 2 is 1.96 bits per heavy atom. The number of aromatic hydroxyl groups is 1. The molecule has 0 unspecified atom stereocenters. The Morgan fingerprint density at radius 1 is 1.22 bits per heavy atom. The second-order valence-corrected chi connectivity index (χ2v) is 5.44. The van der Waals surface area contributed by atoms with Gasteiger partial charge in [-0.05, 0) is 36.4 Å². The van der Waals surface area contributed by atoms with Crippen LogP contribution in [0.25, 0.3) is 0 Å². The second kappa shape index (κ2) is 9.04. The number of alkyl halides is 2. The number of hydrogen-bond donors (Lipinski definition) is 2. The lowest BCUT2D eigenvalue weighted by atomic mass is 10.2. The van der Waals surface area contributed by atoms with E-state index in [1.807, 2.05) is 0 Å². The molecule has 0 saturated carbocycles. The van der Waals surface area contributed by atoms with Crippen molar-refractivity contribution in [3.8, 4) is 17.2 Å². The van der Waals surface area contributed by atoms with E-state index in [2.05, 4.69) is 10.1 Å². The van der Waals surface area contributed by atoms with Gasteiger partial charge in [-0.1, -0.05) is 11.6 Å². The highest BCUT2D eigenvalue weighted by molar-refractivity contribution is 6.32. The van der Waals surface area contributed by atoms with Gasteiger partial charge in [0.1, 0.15) is 22.8 Å². The first-order valence-corrected chi connectivity index (χ1v) is 7.76. The van der Waals surface area contributed by atoms with E-state index in [-0.39, 0.29) is 27.8 Å². The molecule has 0 aliphatic carbocycles. The van der Waals surface area contributed by atoms with E-state index in [4.69, 9.17) is 21.1 Å². The van der Waals surface area contributed by atoms with Crippen molar-refractivity contribution >= 4 is 29.2 Å². The van der Waals surface area contributed by atoms with Gasteiger partial charge in [0.2, 0.25) is 0 Å². The maximum Gasteiger partial charge on any atom is 0.387 e. The van der Waals surface area contributed by atoms with Crippen LogP contribution in [0.15, 0.2) is 36.4 Å². The highest BCUT2D eigenvalue weighted by Crippen LogP contribution is 2.29. The van der Waals surface area contributed by atoms with Gasteiger partial charge in [0, 0.05) is 5.69 Å². The monoisotopic (exact) mass is 401 g/mol. The number of anilines is 1. The molecule has 1 amide bonds. The average Bonchev–Trinajstić information content (AvgIpc) is 2.62. The number of phenols is 1. The molecule has 27 heavy (non-hydrogen) atoms. The molecule has 0 aliphatic heterocycles. The highest BCUT2D eigenvalue weighted by Gasteiger charge is 2.16. The van der Waals surface area contributed by atoms with Crippen molar-refractivity contribution in [3.05, 3.63) is 47.0 Å². The van der Waals surface area contributed by atoms with Gasteiger partial charge in [0.25, 0.3) is 5.91 Å². The lowest BCUT2D eigenvalue weighted by molar-refractivity contribution is -0.119. The number of benzene rings is 2. The number of ether oxygens (including phenoxy) is 3. The van der Waals surface area contributed by atoms with Crippen LogP contribution in [0, 0.1) is 0 Å². The number of methoxy groups -OCH3 is 1. The quantitative estimate of drug-likeness (QED) is 0.690. The first-order valence-electron chi connectivity index (χ1n) is 7.38. The lowest BCUT2D eigenvalue weighted by Gasteiger charge is -2.10. The Morgan fingerprint density at radius 3 is 2.59 bits per heavy atom. The Labute approximate surface area is 157 Å². The summed E-state index contributed by atoms with van der Waals surface area (Å²) in [6.07, 6.45) is 0. The zero-order chi connectivity index (χ0) is 20.0. The third kappa shape index (κ3) is 5.71.